The summed E-state index contributed by atoms with van der Waals surface area (Å²) in [6.07, 6.45) is 1.55. The highest BCUT2D eigenvalue weighted by atomic mass is 32.2. The summed E-state index contributed by atoms with van der Waals surface area (Å²) in [5.41, 5.74) is 2.77. The molecule has 1 aliphatic rings. The number of piperazine rings is 1. The van der Waals surface area contributed by atoms with Gasteiger partial charge in [-0.3, -0.25) is 0 Å². The number of nitrogens with zero attached hydrogens (tertiary/aromatic N) is 4. The van der Waals surface area contributed by atoms with Gasteiger partial charge in [0.15, 0.2) is 0 Å². The molecule has 6 nitrogen and oxygen atoms in total. The predicted molar refractivity (Wildman–Crippen MR) is 93.7 cm³/mol. The molecule has 1 fully saturated rings. The fourth-order valence-corrected chi connectivity index (χ4v) is 4.63. The van der Waals surface area contributed by atoms with E-state index in [1.165, 1.54) is 0 Å². The van der Waals surface area contributed by atoms with Crippen LogP contribution in [0.25, 0.3) is 0 Å². The SMILES string of the molecule is Cc1ccc(S(=O)(=O)N2CCN(c3cc(C)ncn3)CC2)c(C)c1. The van der Waals surface area contributed by atoms with Crippen LogP contribution in [0.3, 0.4) is 0 Å². The molecule has 0 aliphatic carbocycles. The van der Waals surface area contributed by atoms with E-state index in [-0.39, 0.29) is 0 Å². The summed E-state index contributed by atoms with van der Waals surface area (Å²) in [5, 5.41) is 0. The van der Waals surface area contributed by atoms with E-state index in [9.17, 15) is 8.42 Å². The molecule has 0 atom stereocenters. The fraction of sp³-hybridized carbons (Fsp3) is 0.412. The van der Waals surface area contributed by atoms with Crippen LogP contribution >= 0.6 is 0 Å². The Labute approximate surface area is 143 Å². The van der Waals surface area contributed by atoms with Crippen LogP contribution in [0.4, 0.5) is 5.82 Å². The summed E-state index contributed by atoms with van der Waals surface area (Å²) >= 11 is 0. The predicted octanol–water partition coefficient (Wildman–Crippen LogP) is 1.91. The summed E-state index contributed by atoms with van der Waals surface area (Å²) < 4.78 is 27.4. The van der Waals surface area contributed by atoms with Crippen molar-refractivity contribution < 1.29 is 8.42 Å². The molecule has 1 aliphatic heterocycles. The van der Waals surface area contributed by atoms with Gasteiger partial charge in [0.2, 0.25) is 10.0 Å². The molecule has 128 valence electrons. The van der Waals surface area contributed by atoms with Crippen molar-refractivity contribution in [3.05, 3.63) is 47.4 Å². The molecule has 1 saturated heterocycles. The number of aromatic nitrogens is 2. The zero-order valence-corrected chi connectivity index (χ0v) is 15.0. The molecule has 0 bridgehead atoms. The Bertz CT molecular complexity index is 843. The molecule has 0 unspecified atom stereocenters. The summed E-state index contributed by atoms with van der Waals surface area (Å²) in [6.45, 7) is 7.90. The largest absolute Gasteiger partial charge is 0.354 e. The van der Waals surface area contributed by atoms with Crippen LogP contribution < -0.4 is 4.90 Å². The zero-order valence-electron chi connectivity index (χ0n) is 14.2. The summed E-state index contributed by atoms with van der Waals surface area (Å²) in [7, 11) is -3.45. The maximum atomic E-state index is 12.9. The number of hydrogen-bond donors (Lipinski definition) is 0. The number of benzene rings is 1. The topological polar surface area (TPSA) is 66.4 Å². The monoisotopic (exact) mass is 346 g/mol. The van der Waals surface area contributed by atoms with Crippen molar-refractivity contribution in [1.29, 1.82) is 0 Å². The van der Waals surface area contributed by atoms with Crippen molar-refractivity contribution in [3.63, 3.8) is 0 Å². The molecular weight excluding hydrogens is 324 g/mol. The van der Waals surface area contributed by atoms with Crippen molar-refractivity contribution in [2.24, 2.45) is 0 Å². The van der Waals surface area contributed by atoms with E-state index >= 15 is 0 Å². The third-order valence-corrected chi connectivity index (χ3v) is 6.36. The van der Waals surface area contributed by atoms with E-state index in [1.807, 2.05) is 39.0 Å². The van der Waals surface area contributed by atoms with Crippen LogP contribution in [-0.2, 0) is 10.0 Å². The molecule has 2 aromatic rings. The molecule has 1 aromatic carbocycles. The second-order valence-corrected chi connectivity index (χ2v) is 8.08. The van der Waals surface area contributed by atoms with E-state index in [0.717, 1.165) is 22.6 Å². The average molecular weight is 346 g/mol. The second-order valence-electron chi connectivity index (χ2n) is 6.18. The van der Waals surface area contributed by atoms with Crippen molar-refractivity contribution in [2.75, 3.05) is 31.1 Å². The van der Waals surface area contributed by atoms with Gasteiger partial charge in [0.05, 0.1) is 4.90 Å². The smallest absolute Gasteiger partial charge is 0.243 e. The van der Waals surface area contributed by atoms with Crippen molar-refractivity contribution in [1.82, 2.24) is 14.3 Å². The highest BCUT2D eigenvalue weighted by molar-refractivity contribution is 7.89. The van der Waals surface area contributed by atoms with Crippen LogP contribution in [0.15, 0.2) is 35.5 Å². The molecule has 0 N–H and O–H groups in total. The maximum absolute atomic E-state index is 12.9. The van der Waals surface area contributed by atoms with E-state index in [0.29, 0.717) is 31.1 Å². The van der Waals surface area contributed by atoms with E-state index < -0.39 is 10.0 Å². The Morgan fingerprint density at radius 3 is 2.29 bits per heavy atom. The van der Waals surface area contributed by atoms with Gasteiger partial charge in [0.25, 0.3) is 0 Å². The number of hydrogen-bond acceptors (Lipinski definition) is 5. The van der Waals surface area contributed by atoms with Crippen LogP contribution in [0.2, 0.25) is 0 Å². The molecule has 0 spiro atoms. The first-order chi connectivity index (χ1) is 11.4. The Morgan fingerprint density at radius 1 is 0.958 bits per heavy atom. The molecule has 3 rings (SSSR count). The van der Waals surface area contributed by atoms with Gasteiger partial charge in [-0.1, -0.05) is 17.7 Å². The number of aryl methyl sites for hydroxylation is 3. The van der Waals surface area contributed by atoms with Crippen LogP contribution in [0.1, 0.15) is 16.8 Å². The third-order valence-electron chi connectivity index (χ3n) is 4.30. The number of sulfonamides is 1. The quantitative estimate of drug-likeness (QED) is 0.849. The number of rotatable bonds is 3. The molecule has 0 saturated carbocycles. The molecule has 0 radical (unpaired) electrons. The second kappa shape index (κ2) is 6.49. The van der Waals surface area contributed by atoms with E-state index in [4.69, 9.17) is 0 Å². The van der Waals surface area contributed by atoms with Crippen molar-refractivity contribution >= 4 is 15.8 Å². The summed E-state index contributed by atoms with van der Waals surface area (Å²) in [4.78, 5) is 10.9. The van der Waals surface area contributed by atoms with Gasteiger partial charge in [-0.05, 0) is 32.4 Å². The van der Waals surface area contributed by atoms with E-state index in [1.54, 1.807) is 16.7 Å². The Kier molecular flexibility index (Phi) is 4.56. The minimum absolute atomic E-state index is 0.402. The van der Waals surface area contributed by atoms with Crippen LogP contribution in [0, 0.1) is 20.8 Å². The Balaban J connectivity index is 1.76. The zero-order chi connectivity index (χ0) is 17.3. The summed E-state index contributed by atoms with van der Waals surface area (Å²) in [6, 6.07) is 7.39. The van der Waals surface area contributed by atoms with Gasteiger partial charge in [-0.25, -0.2) is 18.4 Å². The lowest BCUT2D eigenvalue weighted by Gasteiger charge is -2.34. The van der Waals surface area contributed by atoms with Crippen molar-refractivity contribution in [3.8, 4) is 0 Å². The van der Waals surface area contributed by atoms with Gasteiger partial charge in [0.1, 0.15) is 12.1 Å². The fourth-order valence-electron chi connectivity index (χ4n) is 3.00. The van der Waals surface area contributed by atoms with Gasteiger partial charge < -0.3 is 4.90 Å². The lowest BCUT2D eigenvalue weighted by Crippen LogP contribution is -2.49. The highest BCUT2D eigenvalue weighted by Gasteiger charge is 2.29. The highest BCUT2D eigenvalue weighted by Crippen LogP contribution is 2.23. The average Bonchev–Trinajstić information content (AvgIpc) is 2.54. The first kappa shape index (κ1) is 16.9. The Hall–Kier alpha value is -1.99. The molecule has 2 heterocycles. The van der Waals surface area contributed by atoms with Gasteiger partial charge in [0, 0.05) is 37.9 Å². The van der Waals surface area contributed by atoms with Gasteiger partial charge in [-0.15, -0.1) is 0 Å². The molecule has 0 amide bonds. The first-order valence-corrected chi connectivity index (χ1v) is 9.43. The van der Waals surface area contributed by atoms with Crippen LogP contribution in [-0.4, -0.2) is 48.9 Å². The number of anilines is 1. The first-order valence-electron chi connectivity index (χ1n) is 7.99. The third kappa shape index (κ3) is 3.27. The van der Waals surface area contributed by atoms with Crippen LogP contribution in [0.5, 0.6) is 0 Å². The molecule has 24 heavy (non-hydrogen) atoms. The van der Waals surface area contributed by atoms with Crippen molar-refractivity contribution in [2.45, 2.75) is 25.7 Å². The maximum Gasteiger partial charge on any atom is 0.243 e. The lowest BCUT2D eigenvalue weighted by molar-refractivity contribution is 0.383. The minimum Gasteiger partial charge on any atom is -0.354 e. The standard InChI is InChI=1S/C17H22N4O2S/c1-13-4-5-16(14(2)10-13)24(22,23)21-8-6-20(7-9-21)17-11-15(3)18-12-19-17/h4-5,10-12H,6-9H2,1-3H3. The minimum atomic E-state index is -3.45. The molecule has 7 heteroatoms. The van der Waals surface area contributed by atoms with Gasteiger partial charge in [-0.2, -0.15) is 4.31 Å². The lowest BCUT2D eigenvalue weighted by atomic mass is 10.2. The molecule has 1 aromatic heterocycles. The normalized spacial score (nSPS) is 16.4. The Morgan fingerprint density at radius 2 is 1.67 bits per heavy atom. The molecular formula is C17H22N4O2S. The summed E-state index contributed by atoms with van der Waals surface area (Å²) in [5.74, 6) is 0.853. The van der Waals surface area contributed by atoms with Gasteiger partial charge >= 0.3 is 0 Å². The van der Waals surface area contributed by atoms with E-state index in [2.05, 4.69) is 14.9 Å².